The van der Waals surface area contributed by atoms with Crippen LogP contribution in [0.5, 0.6) is 5.75 Å². The third kappa shape index (κ3) is 3.97. The van der Waals surface area contributed by atoms with Gasteiger partial charge in [0.1, 0.15) is 5.75 Å². The number of hydrogen-bond acceptors (Lipinski definition) is 2. The van der Waals surface area contributed by atoms with E-state index < -0.39 is 0 Å². The molecule has 1 N–H and O–H groups in total. The topological polar surface area (TPSA) is 21.3 Å². The maximum Gasteiger partial charge on any atom is 0.122 e. The SMILES string of the molecule is COc1ccccc1CC(C)NCC1(C)CCCC1. The second kappa shape index (κ2) is 6.42. The lowest BCUT2D eigenvalue weighted by molar-refractivity contribution is 0.299. The van der Waals surface area contributed by atoms with Crippen LogP contribution in [0.3, 0.4) is 0 Å². The van der Waals surface area contributed by atoms with Gasteiger partial charge in [-0.2, -0.15) is 0 Å². The minimum Gasteiger partial charge on any atom is -0.496 e. The molecule has 1 aliphatic rings. The molecule has 1 atom stereocenters. The van der Waals surface area contributed by atoms with Gasteiger partial charge in [-0.3, -0.25) is 0 Å². The van der Waals surface area contributed by atoms with Gasteiger partial charge in [-0.25, -0.2) is 0 Å². The molecule has 0 aliphatic heterocycles. The molecule has 1 aliphatic carbocycles. The molecule has 0 aromatic heterocycles. The Morgan fingerprint density at radius 3 is 2.63 bits per heavy atom. The first-order chi connectivity index (χ1) is 9.13. The Hall–Kier alpha value is -1.02. The summed E-state index contributed by atoms with van der Waals surface area (Å²) in [6, 6.07) is 8.81. The van der Waals surface area contributed by atoms with Crippen molar-refractivity contribution in [1.82, 2.24) is 5.32 Å². The monoisotopic (exact) mass is 261 g/mol. The van der Waals surface area contributed by atoms with Crippen LogP contribution < -0.4 is 10.1 Å². The number of ether oxygens (including phenoxy) is 1. The van der Waals surface area contributed by atoms with Gasteiger partial charge in [0.05, 0.1) is 7.11 Å². The molecule has 1 saturated carbocycles. The maximum atomic E-state index is 5.42. The molecule has 0 amide bonds. The van der Waals surface area contributed by atoms with Crippen molar-refractivity contribution in [2.24, 2.45) is 5.41 Å². The summed E-state index contributed by atoms with van der Waals surface area (Å²) in [6.45, 7) is 5.83. The van der Waals surface area contributed by atoms with Crippen molar-refractivity contribution in [1.29, 1.82) is 0 Å². The molecule has 19 heavy (non-hydrogen) atoms. The zero-order chi connectivity index (χ0) is 13.7. The predicted molar refractivity (Wildman–Crippen MR) is 80.7 cm³/mol. The molecule has 106 valence electrons. The van der Waals surface area contributed by atoms with Crippen molar-refractivity contribution < 1.29 is 4.74 Å². The van der Waals surface area contributed by atoms with Crippen LogP contribution in [-0.2, 0) is 6.42 Å². The Morgan fingerprint density at radius 1 is 1.26 bits per heavy atom. The van der Waals surface area contributed by atoms with E-state index in [-0.39, 0.29) is 0 Å². The molecule has 0 heterocycles. The van der Waals surface area contributed by atoms with Crippen molar-refractivity contribution in [2.75, 3.05) is 13.7 Å². The smallest absolute Gasteiger partial charge is 0.122 e. The standard InChI is InChI=1S/C17H27NO/c1-14(18-13-17(2)10-6-7-11-17)12-15-8-4-5-9-16(15)19-3/h4-5,8-9,14,18H,6-7,10-13H2,1-3H3. The summed E-state index contributed by atoms with van der Waals surface area (Å²) >= 11 is 0. The zero-order valence-corrected chi connectivity index (χ0v) is 12.5. The molecule has 0 bridgehead atoms. The van der Waals surface area contributed by atoms with E-state index in [9.17, 15) is 0 Å². The van der Waals surface area contributed by atoms with Crippen LogP contribution in [0.2, 0.25) is 0 Å². The number of nitrogens with one attached hydrogen (secondary N) is 1. The highest BCUT2D eigenvalue weighted by Crippen LogP contribution is 2.36. The average Bonchev–Trinajstić information content (AvgIpc) is 2.85. The Labute approximate surface area is 117 Å². The van der Waals surface area contributed by atoms with E-state index in [0.29, 0.717) is 11.5 Å². The van der Waals surface area contributed by atoms with Gasteiger partial charge in [-0.1, -0.05) is 38.0 Å². The second-order valence-electron chi connectivity index (χ2n) is 6.32. The van der Waals surface area contributed by atoms with E-state index in [1.807, 2.05) is 12.1 Å². The first-order valence-electron chi connectivity index (χ1n) is 7.48. The van der Waals surface area contributed by atoms with Gasteiger partial charge in [-0.05, 0) is 43.2 Å². The van der Waals surface area contributed by atoms with Crippen molar-refractivity contribution in [2.45, 2.75) is 52.0 Å². The van der Waals surface area contributed by atoms with E-state index in [2.05, 4.69) is 31.3 Å². The minimum absolute atomic E-state index is 0.494. The summed E-state index contributed by atoms with van der Waals surface area (Å²) < 4.78 is 5.42. The first kappa shape index (κ1) is 14.4. The van der Waals surface area contributed by atoms with E-state index >= 15 is 0 Å². The summed E-state index contributed by atoms with van der Waals surface area (Å²) in [4.78, 5) is 0. The number of rotatable bonds is 6. The normalized spacial score (nSPS) is 19.3. The molecule has 1 unspecified atom stereocenters. The van der Waals surface area contributed by atoms with Crippen molar-refractivity contribution >= 4 is 0 Å². The summed E-state index contributed by atoms with van der Waals surface area (Å²) in [7, 11) is 1.75. The molecular weight excluding hydrogens is 234 g/mol. The fourth-order valence-electron chi connectivity index (χ4n) is 3.10. The van der Waals surface area contributed by atoms with Crippen LogP contribution in [0.25, 0.3) is 0 Å². The maximum absolute atomic E-state index is 5.42. The van der Waals surface area contributed by atoms with Crippen LogP contribution >= 0.6 is 0 Å². The number of benzene rings is 1. The quantitative estimate of drug-likeness (QED) is 0.841. The Kier molecular flexibility index (Phi) is 4.87. The third-order valence-electron chi connectivity index (χ3n) is 4.41. The van der Waals surface area contributed by atoms with E-state index in [4.69, 9.17) is 4.74 Å². The summed E-state index contributed by atoms with van der Waals surface area (Å²) in [6.07, 6.45) is 6.58. The summed E-state index contributed by atoms with van der Waals surface area (Å²) in [5, 5.41) is 3.71. The molecule has 2 nitrogen and oxygen atoms in total. The lowest BCUT2D eigenvalue weighted by Crippen LogP contribution is -2.36. The predicted octanol–water partition coefficient (Wildman–Crippen LogP) is 3.80. The van der Waals surface area contributed by atoms with Gasteiger partial charge in [0.2, 0.25) is 0 Å². The van der Waals surface area contributed by atoms with E-state index in [1.165, 1.54) is 31.2 Å². The van der Waals surface area contributed by atoms with E-state index in [1.54, 1.807) is 7.11 Å². The largest absolute Gasteiger partial charge is 0.496 e. The molecule has 0 spiro atoms. The number of para-hydroxylation sites is 1. The highest BCUT2D eigenvalue weighted by Gasteiger charge is 2.28. The molecule has 2 rings (SSSR count). The van der Waals surface area contributed by atoms with Crippen LogP contribution in [0.15, 0.2) is 24.3 Å². The first-order valence-corrected chi connectivity index (χ1v) is 7.48. The van der Waals surface area contributed by atoms with Gasteiger partial charge in [-0.15, -0.1) is 0 Å². The summed E-state index contributed by atoms with van der Waals surface area (Å²) in [5.41, 5.74) is 1.82. The van der Waals surface area contributed by atoms with E-state index in [0.717, 1.165) is 18.7 Å². The lowest BCUT2D eigenvalue weighted by atomic mass is 9.88. The third-order valence-corrected chi connectivity index (χ3v) is 4.41. The summed E-state index contributed by atoms with van der Waals surface area (Å²) in [5.74, 6) is 1.00. The van der Waals surface area contributed by atoms with Crippen molar-refractivity contribution in [3.8, 4) is 5.75 Å². The van der Waals surface area contributed by atoms with Crippen molar-refractivity contribution in [3.05, 3.63) is 29.8 Å². The van der Waals surface area contributed by atoms with Crippen LogP contribution in [-0.4, -0.2) is 19.7 Å². The lowest BCUT2D eigenvalue weighted by Gasteiger charge is -2.26. The molecule has 1 aromatic carbocycles. The van der Waals surface area contributed by atoms with Gasteiger partial charge < -0.3 is 10.1 Å². The average molecular weight is 261 g/mol. The van der Waals surface area contributed by atoms with Crippen LogP contribution in [0.4, 0.5) is 0 Å². The second-order valence-corrected chi connectivity index (χ2v) is 6.32. The highest BCUT2D eigenvalue weighted by atomic mass is 16.5. The minimum atomic E-state index is 0.494. The van der Waals surface area contributed by atoms with Gasteiger partial charge in [0.25, 0.3) is 0 Å². The zero-order valence-electron chi connectivity index (χ0n) is 12.5. The number of hydrogen-bond donors (Lipinski definition) is 1. The fraction of sp³-hybridized carbons (Fsp3) is 0.647. The van der Waals surface area contributed by atoms with Crippen LogP contribution in [0, 0.1) is 5.41 Å². The number of methoxy groups -OCH3 is 1. The Balaban J connectivity index is 1.85. The molecule has 2 heteroatoms. The Bertz CT molecular complexity index is 396. The molecule has 0 radical (unpaired) electrons. The van der Waals surface area contributed by atoms with Crippen LogP contribution in [0.1, 0.15) is 45.1 Å². The molecule has 1 aromatic rings. The van der Waals surface area contributed by atoms with Gasteiger partial charge in [0, 0.05) is 12.6 Å². The highest BCUT2D eigenvalue weighted by molar-refractivity contribution is 5.33. The molecule has 1 fully saturated rings. The van der Waals surface area contributed by atoms with Gasteiger partial charge in [0.15, 0.2) is 0 Å². The fourth-order valence-corrected chi connectivity index (χ4v) is 3.10. The van der Waals surface area contributed by atoms with Gasteiger partial charge >= 0.3 is 0 Å². The Morgan fingerprint density at radius 2 is 1.95 bits per heavy atom. The molecule has 0 saturated heterocycles. The van der Waals surface area contributed by atoms with Crippen molar-refractivity contribution in [3.63, 3.8) is 0 Å². The molecular formula is C17H27NO.